The van der Waals surface area contributed by atoms with E-state index in [1.165, 1.54) is 22.3 Å². The molecule has 0 aliphatic heterocycles. The van der Waals surface area contributed by atoms with Gasteiger partial charge in [-0.15, -0.1) is 0 Å². The minimum Gasteiger partial charge on any atom is -0.544 e. The molecule has 0 radical (unpaired) electrons. The fraction of sp³-hybridized carbons (Fsp3) is 0.455. The molecule has 3 rings (SSSR count). The minimum absolute atomic E-state index is 0.185. The van der Waals surface area contributed by atoms with Gasteiger partial charge in [-0.25, -0.2) is 0 Å². The summed E-state index contributed by atoms with van der Waals surface area (Å²) in [6.07, 6.45) is 0. The average molecular weight is 579 g/mol. The predicted octanol–water partition coefficient (Wildman–Crippen LogP) is 9.98. The Kier molecular flexibility index (Phi) is 8.76. The standard InChI is InChI=1S/C33H50O3Si3/c1-32(2,25-14-19-28(20-15-25)34-37(5,6)7)27-18-23-31(36-39(11,12)13)30(24-27)33(3,4)26-16-21-29(22-17-26)35-38(8,9)10/h14-24H,1-13H3. The van der Waals surface area contributed by atoms with Crippen molar-refractivity contribution in [2.24, 2.45) is 0 Å². The molecule has 0 N–H and O–H groups in total. The van der Waals surface area contributed by atoms with Crippen LogP contribution in [0.1, 0.15) is 49.9 Å². The van der Waals surface area contributed by atoms with Gasteiger partial charge in [0.05, 0.1) is 0 Å². The van der Waals surface area contributed by atoms with Gasteiger partial charge in [-0.3, -0.25) is 0 Å². The first-order chi connectivity index (χ1) is 17.7. The summed E-state index contributed by atoms with van der Waals surface area (Å²) in [5.74, 6) is 2.89. The Morgan fingerprint density at radius 3 is 1.18 bits per heavy atom. The van der Waals surface area contributed by atoms with Crippen molar-refractivity contribution in [3.63, 3.8) is 0 Å². The fourth-order valence-corrected chi connectivity index (χ4v) is 7.26. The lowest BCUT2D eigenvalue weighted by Gasteiger charge is -2.34. The van der Waals surface area contributed by atoms with Crippen molar-refractivity contribution in [1.29, 1.82) is 0 Å². The summed E-state index contributed by atoms with van der Waals surface area (Å²) >= 11 is 0. The monoisotopic (exact) mass is 578 g/mol. The van der Waals surface area contributed by atoms with Crippen LogP contribution in [0.5, 0.6) is 17.2 Å². The normalized spacial score (nSPS) is 13.3. The van der Waals surface area contributed by atoms with Gasteiger partial charge in [-0.05, 0) is 106 Å². The summed E-state index contributed by atoms with van der Waals surface area (Å²) in [6.45, 7) is 29.2. The third-order valence-corrected chi connectivity index (χ3v) is 9.32. The van der Waals surface area contributed by atoms with Crippen LogP contribution in [0.3, 0.4) is 0 Å². The zero-order chi connectivity index (χ0) is 29.4. The summed E-state index contributed by atoms with van der Waals surface area (Å²) in [4.78, 5) is 0. The Bertz CT molecular complexity index is 1260. The van der Waals surface area contributed by atoms with Gasteiger partial charge in [0.1, 0.15) is 17.2 Å². The van der Waals surface area contributed by atoms with E-state index in [4.69, 9.17) is 13.3 Å². The van der Waals surface area contributed by atoms with Crippen LogP contribution >= 0.6 is 0 Å². The number of hydrogen-bond donors (Lipinski definition) is 0. The maximum atomic E-state index is 6.67. The van der Waals surface area contributed by atoms with Crippen molar-refractivity contribution in [3.05, 3.63) is 89.0 Å². The zero-order valence-corrected chi connectivity index (χ0v) is 29.6. The highest BCUT2D eigenvalue weighted by molar-refractivity contribution is 6.71. The second kappa shape index (κ2) is 10.9. The molecule has 0 spiro atoms. The molecule has 3 aromatic rings. The molecule has 0 aliphatic carbocycles. The highest BCUT2D eigenvalue weighted by atomic mass is 28.4. The van der Waals surface area contributed by atoms with Crippen LogP contribution in [0.25, 0.3) is 0 Å². The smallest absolute Gasteiger partial charge is 0.242 e. The van der Waals surface area contributed by atoms with Gasteiger partial charge in [0, 0.05) is 16.4 Å². The van der Waals surface area contributed by atoms with E-state index in [2.05, 4.69) is 153 Å². The lowest BCUT2D eigenvalue weighted by Crippen LogP contribution is -2.32. The molecule has 0 atom stereocenters. The first-order valence-corrected chi connectivity index (χ1v) is 24.3. The van der Waals surface area contributed by atoms with Gasteiger partial charge < -0.3 is 13.3 Å². The molecular weight excluding hydrogens is 529 g/mol. The van der Waals surface area contributed by atoms with E-state index in [9.17, 15) is 0 Å². The molecule has 0 fully saturated rings. The van der Waals surface area contributed by atoms with Crippen LogP contribution in [0.4, 0.5) is 0 Å². The van der Waals surface area contributed by atoms with E-state index in [1.54, 1.807) is 0 Å². The van der Waals surface area contributed by atoms with Gasteiger partial charge in [-0.2, -0.15) is 0 Å². The first-order valence-electron chi connectivity index (χ1n) is 14.1. The van der Waals surface area contributed by atoms with Crippen LogP contribution in [-0.2, 0) is 10.8 Å². The van der Waals surface area contributed by atoms with Crippen molar-refractivity contribution < 1.29 is 13.3 Å². The van der Waals surface area contributed by atoms with Gasteiger partial charge in [-0.1, -0.05) is 64.1 Å². The van der Waals surface area contributed by atoms with Gasteiger partial charge >= 0.3 is 0 Å². The molecule has 0 aromatic heterocycles. The molecule has 0 bridgehead atoms. The number of hydrogen-bond acceptors (Lipinski definition) is 3. The highest BCUT2D eigenvalue weighted by Gasteiger charge is 2.32. The lowest BCUT2D eigenvalue weighted by atomic mass is 9.73. The van der Waals surface area contributed by atoms with Crippen LogP contribution in [0.15, 0.2) is 66.7 Å². The molecule has 0 aliphatic rings. The topological polar surface area (TPSA) is 27.7 Å². The van der Waals surface area contributed by atoms with E-state index in [-0.39, 0.29) is 10.8 Å². The Balaban J connectivity index is 2.06. The van der Waals surface area contributed by atoms with E-state index in [0.29, 0.717) is 0 Å². The van der Waals surface area contributed by atoms with E-state index in [0.717, 1.165) is 17.2 Å². The van der Waals surface area contributed by atoms with Crippen LogP contribution in [0, 0.1) is 0 Å². The fourth-order valence-electron chi connectivity index (χ4n) is 4.73. The summed E-state index contributed by atoms with van der Waals surface area (Å²) in [6, 6.07) is 24.1. The number of rotatable bonds is 10. The summed E-state index contributed by atoms with van der Waals surface area (Å²) in [5.41, 5.74) is 4.55. The summed E-state index contributed by atoms with van der Waals surface area (Å²) < 4.78 is 19.1. The zero-order valence-electron chi connectivity index (χ0n) is 26.6. The van der Waals surface area contributed by atoms with E-state index >= 15 is 0 Å². The quantitative estimate of drug-likeness (QED) is 0.224. The van der Waals surface area contributed by atoms with Crippen molar-refractivity contribution >= 4 is 25.0 Å². The second-order valence-electron chi connectivity index (χ2n) is 14.7. The molecule has 0 unspecified atom stereocenters. The lowest BCUT2D eigenvalue weighted by molar-refractivity contribution is 0.518. The molecule has 0 saturated heterocycles. The Morgan fingerprint density at radius 2 is 0.795 bits per heavy atom. The molecule has 0 amide bonds. The van der Waals surface area contributed by atoms with Crippen molar-refractivity contribution in [1.82, 2.24) is 0 Å². The Morgan fingerprint density at radius 1 is 0.436 bits per heavy atom. The second-order valence-corrected chi connectivity index (χ2v) is 27.9. The van der Waals surface area contributed by atoms with E-state index in [1.807, 2.05) is 0 Å². The molecule has 6 heteroatoms. The van der Waals surface area contributed by atoms with E-state index < -0.39 is 25.0 Å². The van der Waals surface area contributed by atoms with Crippen molar-refractivity contribution in [2.45, 2.75) is 97.4 Å². The van der Waals surface area contributed by atoms with Gasteiger partial charge in [0.15, 0.2) is 0 Å². The van der Waals surface area contributed by atoms with Gasteiger partial charge in [0.25, 0.3) is 0 Å². The molecule has 0 saturated carbocycles. The molecule has 3 aromatic carbocycles. The summed E-state index contributed by atoms with van der Waals surface area (Å²) in [7, 11) is -5.13. The summed E-state index contributed by atoms with van der Waals surface area (Å²) in [5, 5.41) is 0. The third-order valence-electron chi connectivity index (χ3n) is 6.79. The third kappa shape index (κ3) is 8.35. The van der Waals surface area contributed by atoms with Crippen molar-refractivity contribution in [2.75, 3.05) is 0 Å². The molecule has 212 valence electrons. The van der Waals surface area contributed by atoms with Gasteiger partial charge in [0.2, 0.25) is 25.0 Å². The van der Waals surface area contributed by atoms with Crippen LogP contribution in [0.2, 0.25) is 58.9 Å². The maximum absolute atomic E-state index is 6.67. The molecule has 3 nitrogen and oxygen atoms in total. The molecular formula is C33H50O3Si3. The molecule has 39 heavy (non-hydrogen) atoms. The minimum atomic E-state index is -1.82. The largest absolute Gasteiger partial charge is 0.544 e. The Labute approximate surface area is 241 Å². The Hall–Kier alpha value is -2.29. The van der Waals surface area contributed by atoms with Crippen LogP contribution < -0.4 is 13.3 Å². The molecule has 0 heterocycles. The SMILES string of the molecule is CC(C)(c1ccc(O[Si](C)(C)C)cc1)c1ccc(O[Si](C)(C)C)c(C(C)(C)c2ccc(O[Si](C)(C)C)cc2)c1. The van der Waals surface area contributed by atoms with Crippen LogP contribution in [-0.4, -0.2) is 25.0 Å². The average Bonchev–Trinajstić information content (AvgIpc) is 2.76. The first kappa shape index (κ1) is 31.2. The highest BCUT2D eigenvalue weighted by Crippen LogP contribution is 2.42. The predicted molar refractivity (Wildman–Crippen MR) is 176 cm³/mol. The number of benzene rings is 3. The van der Waals surface area contributed by atoms with Crippen molar-refractivity contribution in [3.8, 4) is 17.2 Å². The maximum Gasteiger partial charge on any atom is 0.242 e.